The highest BCUT2D eigenvalue weighted by Gasteiger charge is 2.23. The first-order chi connectivity index (χ1) is 11.0. The van der Waals surface area contributed by atoms with Crippen LogP contribution in [0.4, 0.5) is 5.69 Å². The molecule has 0 radical (unpaired) electrons. The summed E-state index contributed by atoms with van der Waals surface area (Å²) in [5.74, 6) is -2.38. The van der Waals surface area contributed by atoms with Gasteiger partial charge >= 0.3 is 11.9 Å². The van der Waals surface area contributed by atoms with Crippen LogP contribution in [0.25, 0.3) is 0 Å². The number of furan rings is 1. The van der Waals surface area contributed by atoms with E-state index in [1.54, 1.807) is 13.0 Å². The number of carboxylic acids is 1. The molecule has 1 heterocycles. The van der Waals surface area contributed by atoms with Crippen molar-refractivity contribution in [2.24, 2.45) is 0 Å². The Bertz CT molecular complexity index is 707. The molecule has 1 unspecified atom stereocenters. The molecule has 7 nitrogen and oxygen atoms in total. The maximum atomic E-state index is 12.2. The molecule has 2 aromatic rings. The van der Waals surface area contributed by atoms with Gasteiger partial charge < -0.3 is 19.6 Å². The number of carboxylic acid groups (broad SMARTS) is 1. The molecule has 2 rings (SSSR count). The Balaban J connectivity index is 2.04. The van der Waals surface area contributed by atoms with Crippen molar-refractivity contribution in [1.82, 2.24) is 0 Å². The van der Waals surface area contributed by atoms with Crippen LogP contribution in [0.1, 0.15) is 34.3 Å². The van der Waals surface area contributed by atoms with E-state index in [9.17, 15) is 14.4 Å². The first-order valence-corrected chi connectivity index (χ1v) is 6.90. The summed E-state index contributed by atoms with van der Waals surface area (Å²) in [6, 6.07) is 8.76. The monoisotopic (exact) mass is 317 g/mol. The lowest BCUT2D eigenvalue weighted by atomic mass is 10.2. The molecule has 0 spiro atoms. The highest BCUT2D eigenvalue weighted by atomic mass is 16.6. The van der Waals surface area contributed by atoms with E-state index in [0.717, 1.165) is 0 Å². The zero-order valence-corrected chi connectivity index (χ0v) is 12.3. The van der Waals surface area contributed by atoms with Crippen LogP contribution in [0.15, 0.2) is 47.1 Å². The molecule has 120 valence electrons. The second-order valence-corrected chi connectivity index (χ2v) is 4.65. The normalized spacial score (nSPS) is 11.5. The number of hydrogen-bond donors (Lipinski definition) is 2. The second-order valence-electron chi connectivity index (χ2n) is 4.65. The van der Waals surface area contributed by atoms with E-state index in [-0.39, 0.29) is 17.7 Å². The highest BCUT2D eigenvalue weighted by Crippen LogP contribution is 2.13. The highest BCUT2D eigenvalue weighted by molar-refractivity contribution is 5.98. The van der Waals surface area contributed by atoms with Crippen molar-refractivity contribution < 1.29 is 28.6 Å². The number of benzene rings is 1. The van der Waals surface area contributed by atoms with Gasteiger partial charge in [-0.1, -0.05) is 13.0 Å². The summed E-state index contributed by atoms with van der Waals surface area (Å²) >= 11 is 0. The van der Waals surface area contributed by atoms with Crippen LogP contribution < -0.4 is 5.32 Å². The molecule has 0 saturated carbocycles. The SMILES string of the molecule is CCC(OC(=O)c1ccco1)C(=O)Nc1cccc(C(=O)O)c1. The second kappa shape index (κ2) is 7.26. The number of rotatable bonds is 6. The minimum Gasteiger partial charge on any atom is -0.478 e. The molecule has 1 aromatic heterocycles. The van der Waals surface area contributed by atoms with Crippen LogP contribution in [0.3, 0.4) is 0 Å². The lowest BCUT2D eigenvalue weighted by Gasteiger charge is -2.15. The number of hydrogen-bond acceptors (Lipinski definition) is 5. The Hall–Kier alpha value is -3.09. The van der Waals surface area contributed by atoms with Gasteiger partial charge in [-0.25, -0.2) is 9.59 Å². The molecule has 23 heavy (non-hydrogen) atoms. The summed E-state index contributed by atoms with van der Waals surface area (Å²) in [4.78, 5) is 34.9. The number of aromatic carboxylic acids is 1. The van der Waals surface area contributed by atoms with Gasteiger partial charge in [-0.15, -0.1) is 0 Å². The minimum absolute atomic E-state index is 0.00382. The fourth-order valence-electron chi connectivity index (χ4n) is 1.86. The summed E-state index contributed by atoms with van der Waals surface area (Å²) in [7, 11) is 0. The zero-order valence-electron chi connectivity index (χ0n) is 12.3. The number of nitrogens with one attached hydrogen (secondary N) is 1. The molecule has 0 saturated heterocycles. The summed E-state index contributed by atoms with van der Waals surface area (Å²) in [5.41, 5.74) is 0.353. The predicted molar refractivity (Wildman–Crippen MR) is 80.2 cm³/mol. The van der Waals surface area contributed by atoms with Crippen LogP contribution in [0.2, 0.25) is 0 Å². The van der Waals surface area contributed by atoms with Gasteiger partial charge in [0.1, 0.15) is 0 Å². The van der Waals surface area contributed by atoms with Gasteiger partial charge in [-0.3, -0.25) is 4.79 Å². The molecule has 0 bridgehead atoms. The van der Waals surface area contributed by atoms with Gasteiger partial charge in [0.25, 0.3) is 5.91 Å². The molecule has 1 aromatic carbocycles. The van der Waals surface area contributed by atoms with E-state index in [4.69, 9.17) is 14.3 Å². The molecule has 0 aliphatic heterocycles. The van der Waals surface area contributed by atoms with Gasteiger partial charge in [0.15, 0.2) is 6.10 Å². The van der Waals surface area contributed by atoms with Crippen molar-refractivity contribution in [2.75, 3.05) is 5.32 Å². The number of anilines is 1. The molecule has 7 heteroatoms. The average Bonchev–Trinajstić information content (AvgIpc) is 3.07. The average molecular weight is 317 g/mol. The zero-order chi connectivity index (χ0) is 16.8. The topological polar surface area (TPSA) is 106 Å². The summed E-state index contributed by atoms with van der Waals surface area (Å²) in [6.07, 6.45) is 0.576. The fourth-order valence-corrected chi connectivity index (χ4v) is 1.86. The Morgan fingerprint density at radius 3 is 2.65 bits per heavy atom. The van der Waals surface area contributed by atoms with Crippen LogP contribution in [-0.2, 0) is 9.53 Å². The maximum absolute atomic E-state index is 12.2. The standard InChI is InChI=1S/C16H15NO6/c1-2-12(23-16(21)13-7-4-8-22-13)14(18)17-11-6-3-5-10(9-11)15(19)20/h3-9,12H,2H2,1H3,(H,17,18)(H,19,20). The number of carbonyl (C=O) groups excluding carboxylic acids is 2. The van der Waals surface area contributed by atoms with Gasteiger partial charge in [0, 0.05) is 5.69 Å². The first-order valence-electron chi connectivity index (χ1n) is 6.90. The van der Waals surface area contributed by atoms with Gasteiger partial charge in [-0.2, -0.15) is 0 Å². The Morgan fingerprint density at radius 2 is 2.04 bits per heavy atom. The van der Waals surface area contributed by atoms with E-state index >= 15 is 0 Å². The van der Waals surface area contributed by atoms with Crippen molar-refractivity contribution in [3.05, 3.63) is 54.0 Å². The van der Waals surface area contributed by atoms with Gasteiger partial charge in [0.05, 0.1) is 11.8 Å². The van der Waals surface area contributed by atoms with Gasteiger partial charge in [-0.05, 0) is 36.8 Å². The van der Waals surface area contributed by atoms with Crippen LogP contribution in [0.5, 0.6) is 0 Å². The van der Waals surface area contributed by atoms with Gasteiger partial charge in [0.2, 0.25) is 5.76 Å². The number of carbonyl (C=O) groups is 3. The van der Waals surface area contributed by atoms with Crippen LogP contribution >= 0.6 is 0 Å². The Kier molecular flexibility index (Phi) is 5.14. The summed E-state index contributed by atoms with van der Waals surface area (Å²) in [6.45, 7) is 1.69. The molecular formula is C16H15NO6. The van der Waals surface area contributed by atoms with E-state index in [0.29, 0.717) is 5.69 Å². The Labute approximate surface area is 131 Å². The minimum atomic E-state index is -1.10. The molecule has 0 aliphatic rings. The number of ether oxygens (including phenoxy) is 1. The van der Waals surface area contributed by atoms with Crippen molar-refractivity contribution in [2.45, 2.75) is 19.4 Å². The lowest BCUT2D eigenvalue weighted by molar-refractivity contribution is -0.124. The van der Waals surface area contributed by atoms with Crippen molar-refractivity contribution >= 4 is 23.5 Å². The largest absolute Gasteiger partial charge is 0.478 e. The molecule has 1 atom stereocenters. The third-order valence-electron chi connectivity index (χ3n) is 3.01. The van der Waals surface area contributed by atoms with Crippen molar-refractivity contribution in [1.29, 1.82) is 0 Å². The van der Waals surface area contributed by atoms with E-state index in [1.807, 2.05) is 0 Å². The first kappa shape index (κ1) is 16.3. The smallest absolute Gasteiger partial charge is 0.374 e. The van der Waals surface area contributed by atoms with Crippen LogP contribution in [0, 0.1) is 0 Å². The number of amides is 1. The third-order valence-corrected chi connectivity index (χ3v) is 3.01. The Morgan fingerprint density at radius 1 is 1.26 bits per heavy atom. The molecule has 2 N–H and O–H groups in total. The predicted octanol–water partition coefficient (Wildman–Crippen LogP) is 2.55. The summed E-state index contributed by atoms with van der Waals surface area (Å²) in [5, 5.41) is 11.5. The molecule has 0 aliphatic carbocycles. The van der Waals surface area contributed by atoms with E-state index in [2.05, 4.69) is 5.32 Å². The quantitative estimate of drug-likeness (QED) is 0.793. The maximum Gasteiger partial charge on any atom is 0.374 e. The molecule has 1 amide bonds. The van der Waals surface area contributed by atoms with Crippen LogP contribution in [-0.4, -0.2) is 29.1 Å². The van der Waals surface area contributed by atoms with E-state index in [1.165, 1.54) is 36.6 Å². The fraction of sp³-hybridized carbons (Fsp3) is 0.188. The number of esters is 1. The lowest BCUT2D eigenvalue weighted by Crippen LogP contribution is -2.32. The van der Waals surface area contributed by atoms with E-state index < -0.39 is 23.9 Å². The van der Waals surface area contributed by atoms with Crippen molar-refractivity contribution in [3.8, 4) is 0 Å². The summed E-state index contributed by atoms with van der Waals surface area (Å²) < 4.78 is 10.0. The molecular weight excluding hydrogens is 302 g/mol. The third kappa shape index (κ3) is 4.19. The molecule has 0 fully saturated rings. The van der Waals surface area contributed by atoms with Crippen molar-refractivity contribution in [3.63, 3.8) is 0 Å².